The zero-order valence-electron chi connectivity index (χ0n) is 13.9. The highest BCUT2D eigenvalue weighted by Crippen LogP contribution is 2.37. The third-order valence-electron chi connectivity index (χ3n) is 4.23. The number of ether oxygens (including phenoxy) is 1. The van der Waals surface area contributed by atoms with Gasteiger partial charge in [0.05, 0.1) is 0 Å². The molecule has 0 bridgehead atoms. The van der Waals surface area contributed by atoms with E-state index in [1.54, 1.807) is 6.92 Å². The van der Waals surface area contributed by atoms with Crippen molar-refractivity contribution < 1.29 is 9.53 Å². The lowest BCUT2D eigenvalue weighted by Gasteiger charge is -2.37. The van der Waals surface area contributed by atoms with Gasteiger partial charge in [-0.25, -0.2) is 4.79 Å². The van der Waals surface area contributed by atoms with Crippen LogP contribution in [0.3, 0.4) is 0 Å². The van der Waals surface area contributed by atoms with Gasteiger partial charge in [0.2, 0.25) is 0 Å². The molecule has 1 aliphatic rings. The molecule has 1 rings (SSSR count). The Hall–Kier alpha value is -0.790. The Kier molecular flexibility index (Phi) is 6.29. The second kappa shape index (κ2) is 7.28. The fourth-order valence-corrected chi connectivity index (χ4v) is 2.99. The van der Waals surface area contributed by atoms with Gasteiger partial charge in [0.15, 0.2) is 0 Å². The van der Waals surface area contributed by atoms with Crippen LogP contribution in [0.4, 0.5) is 0 Å². The number of unbranched alkanes of at least 4 members (excludes halogenated alkanes) is 1. The van der Waals surface area contributed by atoms with Crippen molar-refractivity contribution in [3.63, 3.8) is 0 Å². The highest BCUT2D eigenvalue weighted by Gasteiger charge is 2.35. The quantitative estimate of drug-likeness (QED) is 0.369. The molecule has 1 saturated carbocycles. The molecule has 0 aromatic carbocycles. The van der Waals surface area contributed by atoms with Crippen molar-refractivity contribution in [1.82, 2.24) is 0 Å². The van der Waals surface area contributed by atoms with Gasteiger partial charge in [0, 0.05) is 5.57 Å². The molecule has 1 fully saturated rings. The molecule has 0 atom stereocenters. The van der Waals surface area contributed by atoms with Crippen LogP contribution in [0.5, 0.6) is 0 Å². The van der Waals surface area contributed by atoms with E-state index in [1.807, 2.05) is 0 Å². The van der Waals surface area contributed by atoms with Crippen LogP contribution in [0.15, 0.2) is 12.2 Å². The highest BCUT2D eigenvalue weighted by molar-refractivity contribution is 5.87. The van der Waals surface area contributed by atoms with Gasteiger partial charge in [-0.2, -0.15) is 0 Å². The summed E-state index contributed by atoms with van der Waals surface area (Å²) in [5, 5.41) is 0. The van der Waals surface area contributed by atoms with Crippen molar-refractivity contribution in [2.45, 2.75) is 91.1 Å². The molecule has 0 amide bonds. The average Bonchev–Trinajstić information content (AvgIpc) is 2.35. The van der Waals surface area contributed by atoms with E-state index in [4.69, 9.17) is 4.74 Å². The number of carbonyl (C=O) groups excluding carboxylic acids is 1. The van der Waals surface area contributed by atoms with E-state index in [2.05, 4.69) is 27.4 Å². The summed E-state index contributed by atoms with van der Waals surface area (Å²) < 4.78 is 5.83. The van der Waals surface area contributed by atoms with Crippen LogP contribution < -0.4 is 0 Å². The number of carbonyl (C=O) groups is 1. The number of rotatable bonds is 6. The second-order valence-electron chi connectivity index (χ2n) is 7.68. The zero-order chi connectivity index (χ0) is 15.2. The first-order valence-electron chi connectivity index (χ1n) is 8.13. The molecule has 1 aliphatic carbocycles. The third kappa shape index (κ3) is 6.11. The second-order valence-corrected chi connectivity index (χ2v) is 7.68. The molecule has 0 aromatic heterocycles. The van der Waals surface area contributed by atoms with Gasteiger partial charge in [-0.15, -0.1) is 0 Å². The predicted octanol–water partition coefficient (Wildman–Crippen LogP) is 5.42. The maximum atomic E-state index is 11.9. The lowest BCUT2D eigenvalue weighted by atomic mass is 9.80. The molecule has 2 heteroatoms. The molecule has 0 unspecified atom stereocenters. The summed E-state index contributed by atoms with van der Waals surface area (Å²) in [6, 6.07) is 0. The Morgan fingerprint density at radius 2 is 1.75 bits per heavy atom. The molecule has 2 nitrogen and oxygen atoms in total. The molecule has 0 N–H and O–H groups in total. The summed E-state index contributed by atoms with van der Waals surface area (Å²) in [6.07, 6.45) is 10.3. The molecule has 0 spiro atoms. The number of hydrogen-bond donors (Lipinski definition) is 0. The Bertz CT molecular complexity index is 330. The van der Waals surface area contributed by atoms with E-state index in [9.17, 15) is 4.79 Å². The summed E-state index contributed by atoms with van der Waals surface area (Å²) in [6.45, 7) is 12.3. The smallest absolute Gasteiger partial charge is 0.333 e. The maximum Gasteiger partial charge on any atom is 0.333 e. The minimum absolute atomic E-state index is 0.202. The van der Waals surface area contributed by atoms with Gasteiger partial charge in [-0.05, 0) is 57.3 Å². The van der Waals surface area contributed by atoms with Crippen molar-refractivity contribution in [3.05, 3.63) is 12.2 Å². The summed E-state index contributed by atoms with van der Waals surface area (Å²) in [5.74, 6) is -0.206. The first-order valence-corrected chi connectivity index (χ1v) is 8.13. The van der Waals surface area contributed by atoms with E-state index in [0.29, 0.717) is 11.0 Å². The topological polar surface area (TPSA) is 26.3 Å². The lowest BCUT2D eigenvalue weighted by molar-refractivity contribution is -0.159. The molecule has 20 heavy (non-hydrogen) atoms. The van der Waals surface area contributed by atoms with Gasteiger partial charge in [-0.1, -0.05) is 40.2 Å². The van der Waals surface area contributed by atoms with Crippen LogP contribution in [0.25, 0.3) is 0 Å². The van der Waals surface area contributed by atoms with Crippen LogP contribution in [0.2, 0.25) is 0 Å². The predicted molar refractivity (Wildman–Crippen MR) is 84.6 cm³/mol. The summed E-state index contributed by atoms with van der Waals surface area (Å²) >= 11 is 0. The van der Waals surface area contributed by atoms with Gasteiger partial charge >= 0.3 is 5.97 Å². The van der Waals surface area contributed by atoms with E-state index < -0.39 is 0 Å². The third-order valence-corrected chi connectivity index (χ3v) is 4.23. The molecular formula is C18H32O2. The van der Waals surface area contributed by atoms with Gasteiger partial charge in [0.25, 0.3) is 0 Å². The lowest BCUT2D eigenvalue weighted by Crippen LogP contribution is -2.37. The summed E-state index contributed by atoms with van der Waals surface area (Å²) in [4.78, 5) is 11.9. The average molecular weight is 280 g/mol. The monoisotopic (exact) mass is 280 g/mol. The fourth-order valence-electron chi connectivity index (χ4n) is 2.99. The van der Waals surface area contributed by atoms with E-state index in [-0.39, 0.29) is 11.6 Å². The minimum Gasteiger partial charge on any atom is -0.456 e. The first-order chi connectivity index (χ1) is 9.24. The highest BCUT2D eigenvalue weighted by atomic mass is 16.6. The van der Waals surface area contributed by atoms with E-state index >= 15 is 0 Å². The fraction of sp³-hybridized carbons (Fsp3) is 0.833. The van der Waals surface area contributed by atoms with E-state index in [1.165, 1.54) is 32.1 Å². The molecule has 116 valence electrons. The first kappa shape index (κ1) is 17.3. The van der Waals surface area contributed by atoms with Gasteiger partial charge in [0.1, 0.15) is 5.60 Å². The molecule has 0 aromatic rings. The normalized spacial score (nSPS) is 18.6. The standard InChI is InChI=1S/C18H32O2/c1-15(2)16(19)20-18(12-7-6-8-13-18)14-10-9-11-17(3,4)5/h1,6-14H2,2-5H3. The Morgan fingerprint density at radius 1 is 1.15 bits per heavy atom. The Balaban J connectivity index is 2.51. The van der Waals surface area contributed by atoms with Crippen molar-refractivity contribution in [2.24, 2.45) is 5.41 Å². The number of esters is 1. The summed E-state index contributed by atoms with van der Waals surface area (Å²) in [5.41, 5.74) is 0.713. The molecule has 0 radical (unpaired) electrons. The van der Waals surface area contributed by atoms with E-state index in [0.717, 1.165) is 25.7 Å². The van der Waals surface area contributed by atoms with Gasteiger partial charge < -0.3 is 4.74 Å². The van der Waals surface area contributed by atoms with Crippen molar-refractivity contribution >= 4 is 5.97 Å². The van der Waals surface area contributed by atoms with Gasteiger partial charge in [-0.3, -0.25) is 0 Å². The Morgan fingerprint density at radius 3 is 2.25 bits per heavy atom. The van der Waals surface area contributed by atoms with Crippen LogP contribution >= 0.6 is 0 Å². The van der Waals surface area contributed by atoms with Crippen molar-refractivity contribution in [3.8, 4) is 0 Å². The minimum atomic E-state index is -0.206. The van der Waals surface area contributed by atoms with Crippen LogP contribution in [-0.4, -0.2) is 11.6 Å². The largest absolute Gasteiger partial charge is 0.456 e. The van der Waals surface area contributed by atoms with Crippen LogP contribution in [-0.2, 0) is 9.53 Å². The van der Waals surface area contributed by atoms with Crippen molar-refractivity contribution in [1.29, 1.82) is 0 Å². The molecular weight excluding hydrogens is 248 g/mol. The molecule has 0 aliphatic heterocycles. The summed E-state index contributed by atoms with van der Waals surface area (Å²) in [7, 11) is 0. The molecule has 0 heterocycles. The maximum absolute atomic E-state index is 11.9. The van der Waals surface area contributed by atoms with Crippen LogP contribution in [0, 0.1) is 5.41 Å². The van der Waals surface area contributed by atoms with Crippen LogP contribution in [0.1, 0.15) is 85.5 Å². The van der Waals surface area contributed by atoms with Crippen molar-refractivity contribution in [2.75, 3.05) is 0 Å². The SMILES string of the molecule is C=C(C)C(=O)OC1(CCCCC(C)(C)C)CCCCC1. The Labute approximate surface area is 125 Å². The number of hydrogen-bond acceptors (Lipinski definition) is 2. The zero-order valence-corrected chi connectivity index (χ0v) is 13.9. The molecule has 0 saturated heterocycles.